The van der Waals surface area contributed by atoms with Gasteiger partial charge in [0.05, 0.1) is 0 Å². The molecule has 0 amide bonds. The molecule has 106 valence electrons. The molecule has 0 heteroatoms. The Morgan fingerprint density at radius 1 is 1.25 bits per heavy atom. The molecule has 4 unspecified atom stereocenters. The van der Waals surface area contributed by atoms with E-state index in [0.717, 1.165) is 11.8 Å². The van der Waals surface area contributed by atoms with E-state index < -0.39 is 0 Å². The molecule has 0 aromatic rings. The van der Waals surface area contributed by atoms with E-state index in [1.54, 1.807) is 11.1 Å². The Morgan fingerprint density at radius 3 is 2.95 bits per heavy atom. The molecule has 20 heavy (non-hydrogen) atoms. The largest absolute Gasteiger partial charge is 0.0993 e. The molecule has 0 bridgehead atoms. The van der Waals surface area contributed by atoms with Crippen LogP contribution >= 0.6 is 0 Å². The molecule has 1 fully saturated rings. The van der Waals surface area contributed by atoms with Crippen molar-refractivity contribution in [1.82, 2.24) is 0 Å². The number of allylic oxidation sites excluding steroid dienone is 7. The molecule has 4 aliphatic carbocycles. The Labute approximate surface area is 123 Å². The van der Waals surface area contributed by atoms with E-state index in [0.29, 0.717) is 10.8 Å². The zero-order valence-corrected chi connectivity index (χ0v) is 12.9. The lowest BCUT2D eigenvalue weighted by Crippen LogP contribution is -2.41. The SMILES string of the molecule is C=C1CCC2C3CC=C4C=CCCC4(C)C3=CCC12C. The third kappa shape index (κ3) is 1.43. The van der Waals surface area contributed by atoms with Crippen LogP contribution in [0.3, 0.4) is 0 Å². The number of hydrogen-bond acceptors (Lipinski definition) is 0. The van der Waals surface area contributed by atoms with E-state index in [-0.39, 0.29) is 0 Å². The summed E-state index contributed by atoms with van der Waals surface area (Å²) in [6.45, 7) is 9.36. The third-order valence-corrected chi connectivity index (χ3v) is 6.99. The van der Waals surface area contributed by atoms with E-state index in [1.165, 1.54) is 44.1 Å². The number of rotatable bonds is 0. The van der Waals surface area contributed by atoms with Gasteiger partial charge in [-0.3, -0.25) is 0 Å². The van der Waals surface area contributed by atoms with Crippen molar-refractivity contribution in [3.8, 4) is 0 Å². The van der Waals surface area contributed by atoms with Crippen LogP contribution in [0.4, 0.5) is 0 Å². The summed E-state index contributed by atoms with van der Waals surface area (Å²) in [7, 11) is 0. The minimum Gasteiger partial charge on any atom is -0.0993 e. The van der Waals surface area contributed by atoms with Crippen LogP contribution in [-0.4, -0.2) is 0 Å². The van der Waals surface area contributed by atoms with Crippen molar-refractivity contribution in [3.63, 3.8) is 0 Å². The molecule has 4 rings (SSSR count). The van der Waals surface area contributed by atoms with Crippen molar-refractivity contribution in [1.29, 1.82) is 0 Å². The van der Waals surface area contributed by atoms with E-state index >= 15 is 0 Å². The van der Waals surface area contributed by atoms with Crippen LogP contribution in [0, 0.1) is 22.7 Å². The fourth-order valence-corrected chi connectivity index (χ4v) is 5.52. The third-order valence-electron chi connectivity index (χ3n) is 6.99. The van der Waals surface area contributed by atoms with Gasteiger partial charge < -0.3 is 0 Å². The molecule has 0 aromatic heterocycles. The van der Waals surface area contributed by atoms with Crippen molar-refractivity contribution in [2.45, 2.75) is 52.4 Å². The van der Waals surface area contributed by atoms with E-state index in [1.807, 2.05) is 0 Å². The molecule has 0 radical (unpaired) electrons. The van der Waals surface area contributed by atoms with Gasteiger partial charge >= 0.3 is 0 Å². The lowest BCUT2D eigenvalue weighted by molar-refractivity contribution is 0.164. The van der Waals surface area contributed by atoms with Crippen LogP contribution in [0.1, 0.15) is 52.4 Å². The minimum absolute atomic E-state index is 0.336. The van der Waals surface area contributed by atoms with E-state index in [2.05, 4.69) is 44.7 Å². The van der Waals surface area contributed by atoms with Crippen molar-refractivity contribution < 1.29 is 0 Å². The summed E-state index contributed by atoms with van der Waals surface area (Å²) in [6, 6.07) is 0. The van der Waals surface area contributed by atoms with E-state index in [4.69, 9.17) is 0 Å². The molecule has 0 nitrogen and oxygen atoms in total. The molecule has 4 atom stereocenters. The number of hydrogen-bond donors (Lipinski definition) is 0. The standard InChI is InChI=1S/C20H26/c1-14-7-10-17-16-9-8-15-6-4-5-12-20(15,3)18(16)11-13-19(14,17)2/h4,6,8,11,16-17H,1,5,7,9-10,12-13H2,2-3H3. The zero-order chi connectivity index (χ0) is 14.0. The second-order valence-corrected chi connectivity index (χ2v) is 7.80. The molecule has 0 N–H and O–H groups in total. The van der Waals surface area contributed by atoms with Gasteiger partial charge in [0, 0.05) is 5.41 Å². The Balaban J connectivity index is 1.80. The highest BCUT2D eigenvalue weighted by molar-refractivity contribution is 5.45. The summed E-state index contributed by atoms with van der Waals surface area (Å²) in [5.74, 6) is 1.63. The Bertz CT molecular complexity index is 559. The van der Waals surface area contributed by atoms with Crippen LogP contribution in [0.2, 0.25) is 0 Å². The van der Waals surface area contributed by atoms with E-state index in [9.17, 15) is 0 Å². The predicted octanol–water partition coefficient (Wildman–Crippen LogP) is 5.59. The number of fused-ring (bicyclic) bond motifs is 5. The molecular formula is C20H26. The molecular weight excluding hydrogens is 240 g/mol. The van der Waals surface area contributed by atoms with Crippen molar-refractivity contribution in [2.75, 3.05) is 0 Å². The fourth-order valence-electron chi connectivity index (χ4n) is 5.52. The van der Waals surface area contributed by atoms with Crippen molar-refractivity contribution >= 4 is 0 Å². The summed E-state index contributed by atoms with van der Waals surface area (Å²) >= 11 is 0. The first kappa shape index (κ1) is 12.7. The maximum Gasteiger partial charge on any atom is 0.0136 e. The van der Waals surface area contributed by atoms with Gasteiger partial charge in [0.1, 0.15) is 0 Å². The molecule has 4 aliphatic rings. The van der Waals surface area contributed by atoms with Gasteiger partial charge in [-0.05, 0) is 61.3 Å². The fraction of sp³-hybridized carbons (Fsp3) is 0.600. The van der Waals surface area contributed by atoms with Crippen LogP contribution in [-0.2, 0) is 0 Å². The van der Waals surface area contributed by atoms with Gasteiger partial charge in [0.25, 0.3) is 0 Å². The van der Waals surface area contributed by atoms with Gasteiger partial charge in [0.15, 0.2) is 0 Å². The second-order valence-electron chi connectivity index (χ2n) is 7.80. The van der Waals surface area contributed by atoms with Gasteiger partial charge in [-0.2, -0.15) is 0 Å². The van der Waals surface area contributed by atoms with Gasteiger partial charge in [-0.1, -0.05) is 55.9 Å². The lowest BCUT2D eigenvalue weighted by atomic mass is 9.53. The Hall–Kier alpha value is -1.04. The Morgan fingerprint density at radius 2 is 2.10 bits per heavy atom. The highest BCUT2D eigenvalue weighted by atomic mass is 14.6. The maximum absolute atomic E-state index is 4.39. The maximum atomic E-state index is 4.39. The predicted molar refractivity (Wildman–Crippen MR) is 85.3 cm³/mol. The quantitative estimate of drug-likeness (QED) is 0.501. The first-order chi connectivity index (χ1) is 9.56. The molecule has 0 spiro atoms. The van der Waals surface area contributed by atoms with Gasteiger partial charge in [0.2, 0.25) is 0 Å². The lowest BCUT2D eigenvalue weighted by Gasteiger charge is -2.51. The molecule has 0 aliphatic heterocycles. The average molecular weight is 266 g/mol. The van der Waals surface area contributed by atoms with Gasteiger partial charge in [-0.15, -0.1) is 0 Å². The highest BCUT2D eigenvalue weighted by Gasteiger charge is 2.52. The topological polar surface area (TPSA) is 0 Å². The summed E-state index contributed by atoms with van der Waals surface area (Å²) in [5, 5.41) is 0. The average Bonchev–Trinajstić information content (AvgIpc) is 2.74. The Kier molecular flexibility index (Phi) is 2.53. The minimum atomic E-state index is 0.336. The molecule has 0 aromatic carbocycles. The summed E-state index contributed by atoms with van der Waals surface area (Å²) in [4.78, 5) is 0. The molecule has 0 heterocycles. The summed E-state index contributed by atoms with van der Waals surface area (Å²) < 4.78 is 0. The first-order valence-electron chi connectivity index (χ1n) is 8.32. The van der Waals surface area contributed by atoms with Crippen molar-refractivity contribution in [3.05, 3.63) is 47.6 Å². The van der Waals surface area contributed by atoms with Gasteiger partial charge in [-0.25, -0.2) is 0 Å². The smallest absolute Gasteiger partial charge is 0.0136 e. The summed E-state index contributed by atoms with van der Waals surface area (Å²) in [6.07, 6.45) is 17.6. The molecule has 1 saturated carbocycles. The molecule has 0 saturated heterocycles. The van der Waals surface area contributed by atoms with Crippen LogP contribution in [0.15, 0.2) is 47.6 Å². The van der Waals surface area contributed by atoms with Crippen LogP contribution in [0.5, 0.6) is 0 Å². The first-order valence-corrected chi connectivity index (χ1v) is 8.32. The highest BCUT2D eigenvalue weighted by Crippen LogP contribution is 2.63. The van der Waals surface area contributed by atoms with Crippen LogP contribution < -0.4 is 0 Å². The normalized spacial score (nSPS) is 46.2. The zero-order valence-electron chi connectivity index (χ0n) is 12.9. The van der Waals surface area contributed by atoms with Crippen LogP contribution in [0.25, 0.3) is 0 Å². The summed E-state index contributed by atoms with van der Waals surface area (Å²) in [5.41, 5.74) is 5.60. The monoisotopic (exact) mass is 266 g/mol. The van der Waals surface area contributed by atoms with Crippen molar-refractivity contribution in [2.24, 2.45) is 22.7 Å². The second kappa shape index (κ2) is 4.00.